The number of carbonyl (C=O) groups is 2. The number of benzene rings is 1. The van der Waals surface area contributed by atoms with E-state index in [1.54, 1.807) is 32.9 Å². The van der Waals surface area contributed by atoms with Crippen molar-refractivity contribution in [1.82, 2.24) is 10.7 Å². The van der Waals surface area contributed by atoms with Crippen molar-refractivity contribution in [2.45, 2.75) is 38.6 Å². The fraction of sp³-hybridized carbons (Fsp3) is 0.500. The van der Waals surface area contributed by atoms with Gasteiger partial charge in [-0.2, -0.15) is 0 Å². The number of aliphatic hydroxyl groups is 2. The van der Waals surface area contributed by atoms with Gasteiger partial charge in [0.1, 0.15) is 23.6 Å². The Morgan fingerprint density at radius 3 is 2.48 bits per heavy atom. The number of nitrogens with one attached hydrogen (secondary N) is 2. The van der Waals surface area contributed by atoms with Gasteiger partial charge in [0.05, 0.1) is 0 Å². The van der Waals surface area contributed by atoms with E-state index in [2.05, 4.69) is 5.32 Å². The highest BCUT2D eigenvalue weighted by atomic mass is 16.6. The molecule has 1 aromatic rings. The summed E-state index contributed by atoms with van der Waals surface area (Å²) in [5, 5.41) is 22.8. The van der Waals surface area contributed by atoms with E-state index >= 15 is 0 Å². The Hall–Kier alpha value is -2.36. The summed E-state index contributed by atoms with van der Waals surface area (Å²) in [6, 6.07) is 6.37. The molecule has 9 nitrogen and oxygen atoms in total. The van der Waals surface area contributed by atoms with Crippen LogP contribution in [0.1, 0.15) is 32.4 Å². The average molecular weight is 355 g/mol. The van der Waals surface area contributed by atoms with Crippen LogP contribution in [-0.2, 0) is 9.53 Å². The van der Waals surface area contributed by atoms with Crippen molar-refractivity contribution in [2.75, 3.05) is 13.2 Å². The Morgan fingerprint density at radius 2 is 1.88 bits per heavy atom. The highest BCUT2D eigenvalue weighted by molar-refractivity contribution is 5.76. The molecule has 2 atom stereocenters. The minimum Gasteiger partial charge on any atom is -0.483 e. The second-order valence-electron chi connectivity index (χ2n) is 6.29. The number of nitrogens with two attached hydrogens (primary N) is 1. The number of alkyl carbamates (subject to hydrolysis) is 1. The van der Waals surface area contributed by atoms with Gasteiger partial charge in [-0.3, -0.25) is 10.2 Å². The number of aliphatic hydroxyl groups excluding tert-OH is 2. The lowest BCUT2D eigenvalue weighted by Gasteiger charge is -2.23. The second-order valence-corrected chi connectivity index (χ2v) is 6.29. The van der Waals surface area contributed by atoms with Gasteiger partial charge in [-0.15, -0.1) is 0 Å². The van der Waals surface area contributed by atoms with Gasteiger partial charge in [-0.25, -0.2) is 10.6 Å². The second kappa shape index (κ2) is 9.21. The van der Waals surface area contributed by atoms with E-state index in [-0.39, 0.29) is 24.5 Å². The van der Waals surface area contributed by atoms with Gasteiger partial charge in [0.2, 0.25) is 0 Å². The molecule has 0 radical (unpaired) electrons. The molecule has 1 rings (SSSR count). The Balaban J connectivity index is 2.67. The van der Waals surface area contributed by atoms with Crippen LogP contribution >= 0.6 is 0 Å². The molecule has 9 heteroatoms. The lowest BCUT2D eigenvalue weighted by molar-refractivity contribution is -0.123. The number of rotatable bonds is 7. The van der Waals surface area contributed by atoms with Crippen LogP contribution in [0.5, 0.6) is 5.75 Å². The van der Waals surface area contributed by atoms with Gasteiger partial charge < -0.3 is 25.0 Å². The Kier molecular flexibility index (Phi) is 7.62. The number of carbonyl (C=O) groups excluding carboxylic acids is 2. The number of hydrazine groups is 1. The number of amides is 2. The summed E-state index contributed by atoms with van der Waals surface area (Å²) in [5.41, 5.74) is 1.52. The van der Waals surface area contributed by atoms with E-state index in [0.29, 0.717) is 0 Å². The van der Waals surface area contributed by atoms with E-state index < -0.39 is 29.8 Å². The maximum absolute atomic E-state index is 11.6. The molecule has 0 saturated heterocycles. The molecule has 0 aliphatic carbocycles. The molecular weight excluding hydrogens is 330 g/mol. The molecule has 2 unspecified atom stereocenters. The van der Waals surface area contributed by atoms with Gasteiger partial charge in [-0.05, 0) is 26.8 Å². The molecular formula is C16H25N3O6. The lowest BCUT2D eigenvalue weighted by Crippen LogP contribution is -2.39. The minimum atomic E-state index is -1.34. The van der Waals surface area contributed by atoms with Gasteiger partial charge >= 0.3 is 6.09 Å². The summed E-state index contributed by atoms with van der Waals surface area (Å²) < 4.78 is 10.3. The SMILES string of the molecule is CC(C)(C)OC(=O)NCC(O)C(O)c1ccccc1OCC(=O)NN. The summed E-state index contributed by atoms with van der Waals surface area (Å²) >= 11 is 0. The monoisotopic (exact) mass is 355 g/mol. The van der Waals surface area contributed by atoms with Gasteiger partial charge in [0, 0.05) is 12.1 Å². The maximum atomic E-state index is 11.6. The highest BCUT2D eigenvalue weighted by Gasteiger charge is 2.24. The molecule has 0 aliphatic heterocycles. The lowest BCUT2D eigenvalue weighted by atomic mass is 10.0. The van der Waals surface area contributed by atoms with E-state index in [1.807, 2.05) is 5.43 Å². The fourth-order valence-electron chi connectivity index (χ4n) is 1.86. The largest absolute Gasteiger partial charge is 0.483 e. The standard InChI is InChI=1S/C16H25N3O6/c1-16(2,3)25-15(23)18-8-11(20)14(22)10-6-4-5-7-12(10)24-9-13(21)19-17/h4-7,11,14,20,22H,8-9,17H2,1-3H3,(H,18,23)(H,19,21). The first-order chi connectivity index (χ1) is 11.6. The normalized spacial score (nSPS) is 13.5. The predicted molar refractivity (Wildman–Crippen MR) is 89.5 cm³/mol. The van der Waals surface area contributed by atoms with E-state index in [9.17, 15) is 19.8 Å². The minimum absolute atomic E-state index is 0.218. The molecule has 0 fully saturated rings. The molecule has 25 heavy (non-hydrogen) atoms. The first kappa shape index (κ1) is 20.7. The quantitative estimate of drug-likeness (QED) is 0.263. The van der Waals surface area contributed by atoms with Crippen molar-refractivity contribution < 1.29 is 29.3 Å². The third-order valence-corrected chi connectivity index (χ3v) is 2.98. The molecule has 2 amide bonds. The van der Waals surface area contributed by atoms with Crippen LogP contribution in [-0.4, -0.2) is 47.1 Å². The Morgan fingerprint density at radius 1 is 1.24 bits per heavy atom. The molecule has 0 heterocycles. The van der Waals surface area contributed by atoms with Crippen LogP contribution in [0.2, 0.25) is 0 Å². The number of hydrogen-bond acceptors (Lipinski definition) is 7. The number of para-hydroxylation sites is 1. The number of ether oxygens (including phenoxy) is 2. The molecule has 0 aliphatic rings. The van der Waals surface area contributed by atoms with Gasteiger partial charge in [0.25, 0.3) is 5.91 Å². The first-order valence-corrected chi connectivity index (χ1v) is 7.68. The van der Waals surface area contributed by atoms with Gasteiger partial charge in [-0.1, -0.05) is 18.2 Å². The zero-order valence-corrected chi connectivity index (χ0v) is 14.5. The van der Waals surface area contributed by atoms with Crippen molar-refractivity contribution in [3.05, 3.63) is 29.8 Å². The van der Waals surface area contributed by atoms with Crippen LogP contribution in [0.4, 0.5) is 4.79 Å². The van der Waals surface area contributed by atoms with Crippen molar-refractivity contribution in [3.8, 4) is 5.75 Å². The van der Waals surface area contributed by atoms with Gasteiger partial charge in [0.15, 0.2) is 6.61 Å². The molecule has 0 aromatic heterocycles. The van der Waals surface area contributed by atoms with Crippen molar-refractivity contribution in [3.63, 3.8) is 0 Å². The van der Waals surface area contributed by atoms with E-state index in [4.69, 9.17) is 15.3 Å². The van der Waals surface area contributed by atoms with E-state index in [0.717, 1.165) is 0 Å². The Labute approximate surface area is 146 Å². The highest BCUT2D eigenvalue weighted by Crippen LogP contribution is 2.27. The van der Waals surface area contributed by atoms with Crippen LogP contribution in [0.15, 0.2) is 24.3 Å². The van der Waals surface area contributed by atoms with Crippen LogP contribution in [0, 0.1) is 0 Å². The zero-order valence-electron chi connectivity index (χ0n) is 14.5. The van der Waals surface area contributed by atoms with Crippen LogP contribution in [0.25, 0.3) is 0 Å². The molecule has 0 bridgehead atoms. The fourth-order valence-corrected chi connectivity index (χ4v) is 1.86. The van der Waals surface area contributed by atoms with Crippen molar-refractivity contribution >= 4 is 12.0 Å². The third-order valence-electron chi connectivity index (χ3n) is 2.98. The summed E-state index contributed by atoms with van der Waals surface area (Å²) in [7, 11) is 0. The van der Waals surface area contributed by atoms with E-state index in [1.165, 1.54) is 12.1 Å². The third kappa shape index (κ3) is 7.38. The predicted octanol–water partition coefficient (Wildman–Crippen LogP) is -0.0257. The van der Waals surface area contributed by atoms with Crippen molar-refractivity contribution in [1.29, 1.82) is 0 Å². The zero-order chi connectivity index (χ0) is 19.0. The first-order valence-electron chi connectivity index (χ1n) is 7.68. The molecule has 0 spiro atoms. The van der Waals surface area contributed by atoms with Crippen molar-refractivity contribution in [2.24, 2.45) is 5.84 Å². The molecule has 0 saturated carbocycles. The molecule has 1 aromatic carbocycles. The van der Waals surface area contributed by atoms with Crippen LogP contribution < -0.4 is 21.3 Å². The summed E-state index contributed by atoms with van der Waals surface area (Å²) in [6.45, 7) is 4.56. The molecule has 6 N–H and O–H groups in total. The average Bonchev–Trinajstić information content (AvgIpc) is 2.55. The molecule has 140 valence electrons. The summed E-state index contributed by atoms with van der Waals surface area (Å²) in [5.74, 6) is 4.65. The summed E-state index contributed by atoms with van der Waals surface area (Å²) in [4.78, 5) is 22.7. The van der Waals surface area contributed by atoms with Crippen LogP contribution in [0.3, 0.4) is 0 Å². The topological polar surface area (TPSA) is 143 Å². The Bertz CT molecular complexity index is 587. The maximum Gasteiger partial charge on any atom is 0.407 e. The summed E-state index contributed by atoms with van der Waals surface area (Å²) in [6.07, 6.45) is -3.35. The smallest absolute Gasteiger partial charge is 0.407 e. The number of hydrogen-bond donors (Lipinski definition) is 5.